The van der Waals surface area contributed by atoms with E-state index in [1.807, 2.05) is 6.08 Å². The number of phenolic OH excluding ortho intramolecular Hbond substituents is 1. The number of para-hydroxylation sites is 1. The van der Waals surface area contributed by atoms with E-state index >= 15 is 0 Å². The Balaban J connectivity index is 1.73. The van der Waals surface area contributed by atoms with Gasteiger partial charge in [-0.25, -0.2) is 0 Å². The third-order valence-corrected chi connectivity index (χ3v) is 7.05. The van der Waals surface area contributed by atoms with Gasteiger partial charge in [0.1, 0.15) is 0 Å². The van der Waals surface area contributed by atoms with Crippen molar-refractivity contribution >= 4 is 23.4 Å². The zero-order chi connectivity index (χ0) is 22.7. The minimum Gasteiger partial charge on any atom is -0.504 e. The molecule has 1 aromatic carbocycles. The average molecular weight is 433 g/mol. The second-order valence-corrected chi connectivity index (χ2v) is 8.71. The van der Waals surface area contributed by atoms with Gasteiger partial charge in [-0.1, -0.05) is 23.8 Å². The number of ketones is 2. The molecule has 1 aliphatic heterocycles. The maximum Gasteiger partial charge on any atom is 0.231 e. The molecule has 1 saturated heterocycles. The Morgan fingerprint density at radius 1 is 1.12 bits per heavy atom. The molecule has 0 spiro atoms. The minimum absolute atomic E-state index is 0.0886. The lowest BCUT2D eigenvalue weighted by Gasteiger charge is -2.42. The summed E-state index contributed by atoms with van der Waals surface area (Å²) < 4.78 is 5.55. The normalized spacial score (nSPS) is 29.1. The number of Topliss-reactive ketones (excluding diaryl/α,β-unsaturated/α-hetero) is 1. The quantitative estimate of drug-likeness (QED) is 0.431. The van der Waals surface area contributed by atoms with Crippen molar-refractivity contribution in [3.8, 4) is 11.5 Å². The van der Waals surface area contributed by atoms with Gasteiger partial charge in [0, 0.05) is 28.2 Å². The monoisotopic (exact) mass is 433 g/mol. The van der Waals surface area contributed by atoms with Crippen molar-refractivity contribution in [2.24, 2.45) is 17.8 Å². The van der Waals surface area contributed by atoms with E-state index in [2.05, 4.69) is 5.32 Å². The lowest BCUT2D eigenvalue weighted by atomic mass is 9.59. The second kappa shape index (κ2) is 7.29. The maximum absolute atomic E-state index is 13.3. The van der Waals surface area contributed by atoms with Gasteiger partial charge in [-0.05, 0) is 44.7 Å². The van der Waals surface area contributed by atoms with E-state index < -0.39 is 23.7 Å². The number of allylic oxidation sites excluding steroid dienone is 6. The summed E-state index contributed by atoms with van der Waals surface area (Å²) in [7, 11) is 0. The van der Waals surface area contributed by atoms with Gasteiger partial charge in [-0.2, -0.15) is 0 Å². The number of carbonyl (C=O) groups excluding carboxylic acids is 4. The van der Waals surface area contributed by atoms with Crippen LogP contribution in [0.1, 0.15) is 38.2 Å². The Hall–Kier alpha value is -3.48. The van der Waals surface area contributed by atoms with Crippen LogP contribution in [0.4, 0.5) is 0 Å². The SMILES string of the molecule is CCOc1cccc([C@H]2C3=CC[C@@H]4C(=O)NC(=O)[C@@H]4[C@@H]3CC3=C2C(=O)C(C)=CC3=O)c1O. The highest BCUT2D eigenvalue weighted by molar-refractivity contribution is 6.24. The first-order valence-electron chi connectivity index (χ1n) is 10.8. The largest absolute Gasteiger partial charge is 0.504 e. The van der Waals surface area contributed by atoms with Gasteiger partial charge in [0.2, 0.25) is 11.8 Å². The van der Waals surface area contributed by atoms with Crippen molar-refractivity contribution in [2.75, 3.05) is 6.61 Å². The highest BCUT2D eigenvalue weighted by Crippen LogP contribution is 2.55. The van der Waals surface area contributed by atoms with E-state index in [1.165, 1.54) is 6.08 Å². The van der Waals surface area contributed by atoms with Crippen molar-refractivity contribution in [1.82, 2.24) is 5.32 Å². The molecule has 1 fully saturated rings. The predicted octanol–water partition coefficient (Wildman–Crippen LogP) is 2.51. The minimum atomic E-state index is -0.686. The Morgan fingerprint density at radius 3 is 2.66 bits per heavy atom. The van der Waals surface area contributed by atoms with Crippen molar-refractivity contribution in [1.29, 1.82) is 0 Å². The summed E-state index contributed by atoms with van der Waals surface area (Å²) in [4.78, 5) is 51.2. The summed E-state index contributed by atoms with van der Waals surface area (Å²) in [5, 5.41) is 13.5. The number of hydrogen-bond donors (Lipinski definition) is 2. The lowest BCUT2D eigenvalue weighted by molar-refractivity contribution is -0.126. The predicted molar refractivity (Wildman–Crippen MR) is 114 cm³/mol. The maximum atomic E-state index is 13.3. The van der Waals surface area contributed by atoms with E-state index in [1.54, 1.807) is 32.0 Å². The molecule has 4 aliphatic rings. The highest BCUT2D eigenvalue weighted by atomic mass is 16.5. The van der Waals surface area contributed by atoms with Gasteiger partial charge in [-0.15, -0.1) is 0 Å². The van der Waals surface area contributed by atoms with Crippen molar-refractivity contribution in [3.05, 3.63) is 58.2 Å². The number of phenols is 1. The number of carbonyl (C=O) groups is 4. The molecule has 1 aromatic rings. The molecule has 7 heteroatoms. The van der Waals surface area contributed by atoms with Crippen LogP contribution in [0.3, 0.4) is 0 Å². The van der Waals surface area contributed by atoms with E-state index in [0.29, 0.717) is 41.1 Å². The van der Waals surface area contributed by atoms with Gasteiger partial charge in [0.15, 0.2) is 23.1 Å². The van der Waals surface area contributed by atoms with Gasteiger partial charge >= 0.3 is 0 Å². The molecule has 7 nitrogen and oxygen atoms in total. The number of amides is 2. The van der Waals surface area contributed by atoms with Gasteiger partial charge < -0.3 is 9.84 Å². The summed E-state index contributed by atoms with van der Waals surface area (Å²) in [5.41, 5.74) is 2.32. The summed E-state index contributed by atoms with van der Waals surface area (Å²) >= 11 is 0. The molecule has 2 N–H and O–H groups in total. The van der Waals surface area contributed by atoms with Crippen LogP contribution in [0.15, 0.2) is 52.6 Å². The fraction of sp³-hybridized carbons (Fsp3) is 0.360. The number of fused-ring (bicyclic) bond motifs is 3. The summed E-state index contributed by atoms with van der Waals surface area (Å²) in [6.45, 7) is 3.77. The van der Waals surface area contributed by atoms with E-state index in [4.69, 9.17) is 4.74 Å². The van der Waals surface area contributed by atoms with Crippen molar-refractivity contribution in [3.63, 3.8) is 0 Å². The van der Waals surface area contributed by atoms with Gasteiger partial charge in [0.05, 0.1) is 18.4 Å². The van der Waals surface area contributed by atoms with Crippen LogP contribution >= 0.6 is 0 Å². The van der Waals surface area contributed by atoms with Crippen LogP contribution in [-0.4, -0.2) is 35.1 Å². The third-order valence-electron chi connectivity index (χ3n) is 7.05. The Labute approximate surface area is 184 Å². The molecular formula is C25H23NO6. The molecule has 0 aromatic heterocycles. The van der Waals surface area contributed by atoms with Crippen molar-refractivity contribution < 1.29 is 29.0 Å². The molecule has 0 radical (unpaired) electrons. The Morgan fingerprint density at radius 2 is 1.91 bits per heavy atom. The standard InChI is InChI=1S/C25H23NO6/c1-3-32-18-6-4-5-13(23(18)29)19-12-7-8-14-20(25(31)26-24(14)30)15(12)10-16-17(27)9-11(2)22(28)21(16)19/h4-7,9,14-15,19-20,29H,3,8,10H2,1-2H3,(H,26,30,31)/t14-,15+,19+,20-/m0/s1. The van der Waals surface area contributed by atoms with E-state index in [-0.39, 0.29) is 35.6 Å². The zero-order valence-corrected chi connectivity index (χ0v) is 17.8. The fourth-order valence-electron chi connectivity index (χ4n) is 5.67. The van der Waals surface area contributed by atoms with Crippen LogP contribution in [-0.2, 0) is 19.2 Å². The number of nitrogens with one attached hydrogen (secondary N) is 1. The lowest BCUT2D eigenvalue weighted by Crippen LogP contribution is -2.39. The molecule has 4 atom stereocenters. The van der Waals surface area contributed by atoms with Crippen molar-refractivity contribution in [2.45, 2.75) is 32.6 Å². The second-order valence-electron chi connectivity index (χ2n) is 8.71. The molecular weight excluding hydrogens is 410 g/mol. The summed E-state index contributed by atoms with van der Waals surface area (Å²) in [6, 6.07) is 5.10. The number of benzene rings is 1. The summed E-state index contributed by atoms with van der Waals surface area (Å²) in [6.07, 6.45) is 3.84. The molecule has 0 saturated carbocycles. The molecule has 0 bridgehead atoms. The fourth-order valence-corrected chi connectivity index (χ4v) is 5.67. The number of aromatic hydroxyl groups is 1. The molecule has 5 rings (SSSR count). The first kappa shape index (κ1) is 20.4. The molecule has 2 amide bonds. The van der Waals surface area contributed by atoms with Gasteiger partial charge in [0.25, 0.3) is 0 Å². The highest BCUT2D eigenvalue weighted by Gasteiger charge is 2.53. The van der Waals surface area contributed by atoms with E-state index in [0.717, 1.165) is 5.57 Å². The first-order chi connectivity index (χ1) is 15.3. The number of rotatable bonds is 3. The average Bonchev–Trinajstić information content (AvgIpc) is 3.06. The van der Waals surface area contributed by atoms with Crippen LogP contribution in [0.25, 0.3) is 0 Å². The molecule has 3 aliphatic carbocycles. The third kappa shape index (κ3) is 2.80. The molecule has 164 valence electrons. The number of imide groups is 1. The zero-order valence-electron chi connectivity index (χ0n) is 17.8. The Bertz CT molecular complexity index is 1190. The number of hydrogen-bond acceptors (Lipinski definition) is 6. The van der Waals surface area contributed by atoms with Crippen LogP contribution in [0.5, 0.6) is 11.5 Å². The van der Waals surface area contributed by atoms with Crippen LogP contribution < -0.4 is 10.1 Å². The van der Waals surface area contributed by atoms with E-state index in [9.17, 15) is 24.3 Å². The van der Waals surface area contributed by atoms with Gasteiger partial charge in [-0.3, -0.25) is 24.5 Å². The molecule has 32 heavy (non-hydrogen) atoms. The summed E-state index contributed by atoms with van der Waals surface area (Å²) in [5.74, 6) is -3.08. The number of ether oxygens (including phenoxy) is 1. The smallest absolute Gasteiger partial charge is 0.231 e. The van der Waals surface area contributed by atoms with Crippen LogP contribution in [0.2, 0.25) is 0 Å². The first-order valence-corrected chi connectivity index (χ1v) is 10.8. The molecule has 1 heterocycles. The Kier molecular flexibility index (Phi) is 4.65. The molecule has 0 unspecified atom stereocenters. The topological polar surface area (TPSA) is 110 Å². The van der Waals surface area contributed by atoms with Crippen LogP contribution in [0, 0.1) is 17.8 Å².